The maximum atomic E-state index is 13.1. The third-order valence-electron chi connectivity index (χ3n) is 3.24. The summed E-state index contributed by atoms with van der Waals surface area (Å²) < 4.78 is 13.1. The number of nitrogens with zero attached hydrogens (tertiary/aromatic N) is 3. The molecule has 1 aromatic heterocycles. The largest absolute Gasteiger partial charge is 0.207 e. The maximum Gasteiger partial charge on any atom is 0.128 e. The number of hydrogen-bond acceptors (Lipinski definition) is 4. The van der Waals surface area contributed by atoms with Crippen LogP contribution < -0.4 is 0 Å². The van der Waals surface area contributed by atoms with Crippen molar-refractivity contribution in [2.24, 2.45) is 0 Å². The first kappa shape index (κ1) is 14.5. The van der Waals surface area contributed by atoms with E-state index in [4.69, 9.17) is 5.26 Å². The predicted molar refractivity (Wildman–Crippen MR) is 85.9 cm³/mol. The molecule has 0 spiro atoms. The van der Waals surface area contributed by atoms with Crippen LogP contribution in [0.1, 0.15) is 6.92 Å². The van der Waals surface area contributed by atoms with Crippen LogP contribution in [0.2, 0.25) is 0 Å². The van der Waals surface area contributed by atoms with E-state index in [9.17, 15) is 4.39 Å². The van der Waals surface area contributed by atoms with E-state index in [1.54, 1.807) is 12.1 Å². The van der Waals surface area contributed by atoms with Crippen molar-refractivity contribution >= 4 is 22.5 Å². The Bertz CT molecular complexity index is 856. The van der Waals surface area contributed by atoms with Gasteiger partial charge >= 0.3 is 0 Å². The number of fused-ring (bicyclic) bond motifs is 1. The van der Waals surface area contributed by atoms with Gasteiger partial charge in [0.2, 0.25) is 0 Å². The minimum atomic E-state index is -0.281. The second kappa shape index (κ2) is 6.12. The number of rotatable bonds is 3. The fourth-order valence-electron chi connectivity index (χ4n) is 2.18. The van der Waals surface area contributed by atoms with Gasteiger partial charge in [0.05, 0.1) is 11.3 Å². The Kier molecular flexibility index (Phi) is 4.03. The topological polar surface area (TPSA) is 49.6 Å². The molecule has 0 N–H and O–H groups in total. The molecule has 0 amide bonds. The zero-order valence-electron chi connectivity index (χ0n) is 11.8. The SMILES string of the molecule is C[C@@H](C#N)Sc1nnc(-c2ccc(F)cc2)c2ccccc12. The quantitative estimate of drug-likeness (QED) is 0.671. The van der Waals surface area contributed by atoms with Crippen LogP contribution in [0.3, 0.4) is 0 Å². The van der Waals surface area contributed by atoms with Crippen molar-refractivity contribution in [1.82, 2.24) is 10.2 Å². The summed E-state index contributed by atoms with van der Waals surface area (Å²) in [4.78, 5) is 0. The van der Waals surface area contributed by atoms with E-state index in [1.165, 1.54) is 23.9 Å². The van der Waals surface area contributed by atoms with Crippen LogP contribution in [0.25, 0.3) is 22.0 Å². The Morgan fingerprint density at radius 3 is 2.41 bits per heavy atom. The number of benzene rings is 2. The zero-order chi connectivity index (χ0) is 15.5. The van der Waals surface area contributed by atoms with E-state index >= 15 is 0 Å². The highest BCUT2D eigenvalue weighted by Crippen LogP contribution is 2.33. The van der Waals surface area contributed by atoms with Crippen molar-refractivity contribution in [1.29, 1.82) is 5.26 Å². The molecule has 0 radical (unpaired) electrons. The van der Waals surface area contributed by atoms with Crippen molar-refractivity contribution in [3.05, 3.63) is 54.3 Å². The highest BCUT2D eigenvalue weighted by molar-refractivity contribution is 8.00. The highest BCUT2D eigenvalue weighted by Gasteiger charge is 2.13. The molecule has 0 aliphatic carbocycles. The fraction of sp³-hybridized carbons (Fsp3) is 0.118. The molecule has 1 atom stereocenters. The zero-order valence-corrected chi connectivity index (χ0v) is 12.6. The van der Waals surface area contributed by atoms with E-state index in [1.807, 2.05) is 31.2 Å². The van der Waals surface area contributed by atoms with Gasteiger partial charge in [-0.05, 0) is 31.2 Å². The van der Waals surface area contributed by atoms with Gasteiger partial charge in [-0.25, -0.2) is 4.39 Å². The molecule has 0 aliphatic rings. The Labute approximate surface area is 131 Å². The summed E-state index contributed by atoms with van der Waals surface area (Å²) in [6.45, 7) is 1.83. The molecule has 0 fully saturated rings. The van der Waals surface area contributed by atoms with E-state index in [0.717, 1.165) is 21.4 Å². The van der Waals surface area contributed by atoms with Crippen molar-refractivity contribution < 1.29 is 4.39 Å². The summed E-state index contributed by atoms with van der Waals surface area (Å²) in [6, 6.07) is 16.2. The lowest BCUT2D eigenvalue weighted by atomic mass is 10.1. The molecule has 2 aromatic carbocycles. The van der Waals surface area contributed by atoms with Gasteiger partial charge in [-0.15, -0.1) is 10.2 Å². The van der Waals surface area contributed by atoms with E-state index in [-0.39, 0.29) is 11.1 Å². The molecule has 0 aliphatic heterocycles. The molecule has 3 aromatic rings. The minimum absolute atomic E-state index is 0.200. The first-order valence-corrected chi connectivity index (χ1v) is 7.64. The van der Waals surface area contributed by atoms with Crippen molar-refractivity contribution in [2.45, 2.75) is 17.2 Å². The summed E-state index contributed by atoms with van der Waals surface area (Å²) in [5.41, 5.74) is 1.53. The Morgan fingerprint density at radius 2 is 1.73 bits per heavy atom. The van der Waals surface area contributed by atoms with Gasteiger partial charge in [0.1, 0.15) is 16.5 Å². The molecule has 108 valence electrons. The van der Waals surface area contributed by atoms with Crippen LogP contribution in [0.5, 0.6) is 0 Å². The highest BCUT2D eigenvalue weighted by atomic mass is 32.2. The lowest BCUT2D eigenvalue weighted by molar-refractivity contribution is 0.628. The second-order valence-corrected chi connectivity index (χ2v) is 6.12. The van der Waals surface area contributed by atoms with Crippen LogP contribution in [0.15, 0.2) is 53.6 Å². The predicted octanol–water partition coefficient (Wildman–Crippen LogP) is 4.44. The Balaban J connectivity index is 2.16. The molecular formula is C17H12FN3S. The van der Waals surface area contributed by atoms with Gasteiger partial charge in [-0.1, -0.05) is 36.0 Å². The average Bonchev–Trinajstić information content (AvgIpc) is 2.56. The summed E-state index contributed by atoms with van der Waals surface area (Å²) in [5.74, 6) is -0.281. The molecular weight excluding hydrogens is 297 g/mol. The standard InChI is InChI=1S/C17H12FN3S/c1-11(10-19)22-17-15-5-3-2-4-14(15)16(20-21-17)12-6-8-13(18)9-7-12/h2-9,11H,1H3/t11-/m0/s1. The number of hydrogen-bond donors (Lipinski definition) is 0. The van der Waals surface area contributed by atoms with Crippen LogP contribution in [0.4, 0.5) is 4.39 Å². The molecule has 0 saturated carbocycles. The lowest BCUT2D eigenvalue weighted by Crippen LogP contribution is -1.97. The molecule has 22 heavy (non-hydrogen) atoms. The second-order valence-electron chi connectivity index (χ2n) is 4.80. The summed E-state index contributed by atoms with van der Waals surface area (Å²) in [7, 11) is 0. The van der Waals surface area contributed by atoms with Crippen LogP contribution in [-0.4, -0.2) is 15.4 Å². The molecule has 1 heterocycles. The Morgan fingerprint density at radius 1 is 1.05 bits per heavy atom. The summed E-state index contributed by atoms with van der Waals surface area (Å²) >= 11 is 1.38. The minimum Gasteiger partial charge on any atom is -0.207 e. The molecule has 3 rings (SSSR count). The summed E-state index contributed by atoms with van der Waals surface area (Å²) in [6.07, 6.45) is 0. The van der Waals surface area contributed by atoms with Gasteiger partial charge in [-0.3, -0.25) is 0 Å². The molecule has 0 saturated heterocycles. The van der Waals surface area contributed by atoms with E-state index in [0.29, 0.717) is 5.69 Å². The number of aromatic nitrogens is 2. The van der Waals surface area contributed by atoms with E-state index in [2.05, 4.69) is 16.3 Å². The molecule has 0 unspecified atom stereocenters. The lowest BCUT2D eigenvalue weighted by Gasteiger charge is -2.09. The summed E-state index contributed by atoms with van der Waals surface area (Å²) in [5, 5.41) is 19.9. The van der Waals surface area contributed by atoms with Gasteiger partial charge in [0.25, 0.3) is 0 Å². The van der Waals surface area contributed by atoms with Gasteiger partial charge in [-0.2, -0.15) is 5.26 Å². The maximum absolute atomic E-state index is 13.1. The number of thioether (sulfide) groups is 1. The monoisotopic (exact) mass is 309 g/mol. The molecule has 5 heteroatoms. The third kappa shape index (κ3) is 2.78. The first-order valence-electron chi connectivity index (χ1n) is 6.76. The van der Waals surface area contributed by atoms with Crippen molar-refractivity contribution in [3.8, 4) is 17.3 Å². The van der Waals surface area contributed by atoms with Crippen LogP contribution in [-0.2, 0) is 0 Å². The van der Waals surface area contributed by atoms with Crippen LogP contribution >= 0.6 is 11.8 Å². The van der Waals surface area contributed by atoms with Gasteiger partial charge in [0, 0.05) is 16.3 Å². The van der Waals surface area contributed by atoms with Gasteiger partial charge in [0.15, 0.2) is 0 Å². The molecule has 0 bridgehead atoms. The van der Waals surface area contributed by atoms with Crippen LogP contribution in [0, 0.1) is 17.1 Å². The third-order valence-corrected chi connectivity index (χ3v) is 4.23. The van der Waals surface area contributed by atoms with Crippen molar-refractivity contribution in [2.75, 3.05) is 0 Å². The van der Waals surface area contributed by atoms with Gasteiger partial charge < -0.3 is 0 Å². The van der Waals surface area contributed by atoms with E-state index < -0.39 is 0 Å². The van der Waals surface area contributed by atoms with Crippen molar-refractivity contribution in [3.63, 3.8) is 0 Å². The fourth-order valence-corrected chi connectivity index (χ4v) is 2.96. The normalized spacial score (nSPS) is 12.0. The average molecular weight is 309 g/mol. The molecule has 3 nitrogen and oxygen atoms in total. The number of halogens is 1. The Hall–Kier alpha value is -2.45. The smallest absolute Gasteiger partial charge is 0.128 e. The number of nitriles is 1. The first-order chi connectivity index (χ1) is 10.7.